The quantitative estimate of drug-likeness (QED) is 0.923. The Balaban J connectivity index is 1.78. The SMILES string of the molecule is CCn1nccc1-c1cc(C[C@@H]2CCCNC2)ncn1. The van der Waals surface area contributed by atoms with E-state index in [0.717, 1.165) is 43.1 Å². The highest BCUT2D eigenvalue weighted by Crippen LogP contribution is 2.20. The van der Waals surface area contributed by atoms with Crippen molar-refractivity contribution in [1.82, 2.24) is 25.1 Å². The minimum Gasteiger partial charge on any atom is -0.316 e. The molecule has 1 saturated heterocycles. The monoisotopic (exact) mass is 271 g/mol. The molecule has 1 atom stereocenters. The molecule has 3 heterocycles. The average molecular weight is 271 g/mol. The minimum atomic E-state index is 0.697. The van der Waals surface area contributed by atoms with Crippen molar-refractivity contribution in [1.29, 1.82) is 0 Å². The number of hydrogen-bond donors (Lipinski definition) is 1. The van der Waals surface area contributed by atoms with Crippen LogP contribution in [0.25, 0.3) is 11.4 Å². The number of nitrogens with one attached hydrogen (secondary N) is 1. The molecule has 106 valence electrons. The van der Waals surface area contributed by atoms with Gasteiger partial charge in [0.2, 0.25) is 0 Å². The molecule has 0 spiro atoms. The molecule has 20 heavy (non-hydrogen) atoms. The van der Waals surface area contributed by atoms with Crippen molar-refractivity contribution in [3.05, 3.63) is 30.4 Å². The van der Waals surface area contributed by atoms with Crippen LogP contribution < -0.4 is 5.32 Å². The van der Waals surface area contributed by atoms with Crippen molar-refractivity contribution in [2.75, 3.05) is 13.1 Å². The Morgan fingerprint density at radius 3 is 3.15 bits per heavy atom. The lowest BCUT2D eigenvalue weighted by atomic mass is 9.94. The molecular formula is C15H21N5. The van der Waals surface area contributed by atoms with E-state index in [9.17, 15) is 0 Å². The van der Waals surface area contributed by atoms with Crippen LogP contribution in [0.3, 0.4) is 0 Å². The van der Waals surface area contributed by atoms with Gasteiger partial charge in [0, 0.05) is 18.4 Å². The van der Waals surface area contributed by atoms with Crippen LogP contribution in [0.4, 0.5) is 0 Å². The van der Waals surface area contributed by atoms with Gasteiger partial charge in [0.05, 0.1) is 11.4 Å². The van der Waals surface area contributed by atoms with Crippen LogP contribution in [0.1, 0.15) is 25.5 Å². The summed E-state index contributed by atoms with van der Waals surface area (Å²) in [5, 5.41) is 7.76. The summed E-state index contributed by atoms with van der Waals surface area (Å²) in [5.74, 6) is 0.697. The predicted octanol–water partition coefficient (Wildman–Crippen LogP) is 1.90. The van der Waals surface area contributed by atoms with Crippen LogP contribution in [0.5, 0.6) is 0 Å². The molecule has 3 rings (SSSR count). The van der Waals surface area contributed by atoms with Gasteiger partial charge in [-0.2, -0.15) is 5.10 Å². The Morgan fingerprint density at radius 2 is 2.35 bits per heavy atom. The van der Waals surface area contributed by atoms with Gasteiger partial charge in [-0.05, 0) is 57.3 Å². The molecule has 1 aliphatic heterocycles. The molecule has 0 aromatic carbocycles. The number of aromatic nitrogens is 4. The van der Waals surface area contributed by atoms with Crippen LogP contribution in [0.15, 0.2) is 24.7 Å². The Bertz CT molecular complexity index is 557. The molecule has 5 nitrogen and oxygen atoms in total. The third-order valence-corrected chi connectivity index (χ3v) is 3.90. The van der Waals surface area contributed by atoms with Gasteiger partial charge in [0.25, 0.3) is 0 Å². The van der Waals surface area contributed by atoms with Crippen molar-refractivity contribution in [3.63, 3.8) is 0 Å². The molecule has 0 saturated carbocycles. The van der Waals surface area contributed by atoms with Gasteiger partial charge in [-0.15, -0.1) is 0 Å². The van der Waals surface area contributed by atoms with E-state index in [1.54, 1.807) is 6.33 Å². The van der Waals surface area contributed by atoms with E-state index < -0.39 is 0 Å². The van der Waals surface area contributed by atoms with E-state index in [1.165, 1.54) is 12.8 Å². The van der Waals surface area contributed by atoms with Gasteiger partial charge >= 0.3 is 0 Å². The zero-order chi connectivity index (χ0) is 13.8. The lowest BCUT2D eigenvalue weighted by Crippen LogP contribution is -2.31. The van der Waals surface area contributed by atoms with E-state index in [0.29, 0.717) is 5.92 Å². The van der Waals surface area contributed by atoms with Gasteiger partial charge in [0.1, 0.15) is 6.33 Å². The summed E-state index contributed by atoms with van der Waals surface area (Å²) in [7, 11) is 0. The fraction of sp³-hybridized carbons (Fsp3) is 0.533. The second-order valence-corrected chi connectivity index (χ2v) is 5.34. The van der Waals surface area contributed by atoms with Crippen LogP contribution in [-0.2, 0) is 13.0 Å². The number of hydrogen-bond acceptors (Lipinski definition) is 4. The summed E-state index contributed by atoms with van der Waals surface area (Å²) in [4.78, 5) is 8.83. The maximum Gasteiger partial charge on any atom is 0.116 e. The number of rotatable bonds is 4. The summed E-state index contributed by atoms with van der Waals surface area (Å²) >= 11 is 0. The van der Waals surface area contributed by atoms with Crippen LogP contribution in [-0.4, -0.2) is 32.8 Å². The van der Waals surface area contributed by atoms with Gasteiger partial charge < -0.3 is 5.32 Å². The highest BCUT2D eigenvalue weighted by atomic mass is 15.3. The van der Waals surface area contributed by atoms with Gasteiger partial charge in [-0.3, -0.25) is 4.68 Å². The summed E-state index contributed by atoms with van der Waals surface area (Å²) < 4.78 is 1.97. The standard InChI is InChI=1S/C15H21N5/c1-2-20-15(5-7-19-20)14-9-13(17-11-18-14)8-12-4-3-6-16-10-12/h5,7,9,11-12,16H,2-4,6,8,10H2,1H3/t12-/m0/s1. The highest BCUT2D eigenvalue weighted by Gasteiger charge is 2.15. The normalized spacial score (nSPS) is 19.1. The maximum atomic E-state index is 4.43. The molecule has 0 amide bonds. The predicted molar refractivity (Wildman–Crippen MR) is 78.2 cm³/mol. The van der Waals surface area contributed by atoms with Crippen molar-refractivity contribution < 1.29 is 0 Å². The summed E-state index contributed by atoms with van der Waals surface area (Å²) in [6.45, 7) is 5.20. The Morgan fingerprint density at radius 1 is 1.40 bits per heavy atom. The number of piperidine rings is 1. The molecule has 2 aromatic heterocycles. The Labute approximate surface area is 119 Å². The molecule has 0 bridgehead atoms. The summed E-state index contributed by atoms with van der Waals surface area (Å²) in [5.41, 5.74) is 3.17. The first-order valence-electron chi connectivity index (χ1n) is 7.40. The fourth-order valence-electron chi connectivity index (χ4n) is 2.85. The van der Waals surface area contributed by atoms with E-state index in [4.69, 9.17) is 0 Å². The fourth-order valence-corrected chi connectivity index (χ4v) is 2.85. The van der Waals surface area contributed by atoms with Crippen molar-refractivity contribution in [2.24, 2.45) is 5.92 Å². The summed E-state index contributed by atoms with van der Waals surface area (Å²) in [6, 6.07) is 4.12. The van der Waals surface area contributed by atoms with E-state index in [-0.39, 0.29) is 0 Å². The first-order valence-corrected chi connectivity index (χ1v) is 7.40. The number of aryl methyl sites for hydroxylation is 1. The average Bonchev–Trinajstić information content (AvgIpc) is 2.97. The molecule has 0 aliphatic carbocycles. The second-order valence-electron chi connectivity index (χ2n) is 5.34. The van der Waals surface area contributed by atoms with Gasteiger partial charge in [-0.25, -0.2) is 9.97 Å². The summed E-state index contributed by atoms with van der Waals surface area (Å²) in [6.07, 6.45) is 7.09. The maximum absolute atomic E-state index is 4.43. The molecule has 1 aliphatic rings. The van der Waals surface area contributed by atoms with Crippen LogP contribution >= 0.6 is 0 Å². The smallest absolute Gasteiger partial charge is 0.116 e. The number of nitrogens with zero attached hydrogens (tertiary/aromatic N) is 4. The lowest BCUT2D eigenvalue weighted by Gasteiger charge is -2.22. The molecule has 1 fully saturated rings. The first-order chi connectivity index (χ1) is 9.86. The van der Waals surface area contributed by atoms with E-state index in [2.05, 4.69) is 33.4 Å². The van der Waals surface area contributed by atoms with Crippen LogP contribution in [0, 0.1) is 5.92 Å². The molecule has 0 radical (unpaired) electrons. The largest absolute Gasteiger partial charge is 0.316 e. The zero-order valence-corrected chi connectivity index (χ0v) is 11.9. The van der Waals surface area contributed by atoms with Crippen molar-refractivity contribution in [2.45, 2.75) is 32.7 Å². The van der Waals surface area contributed by atoms with E-state index in [1.807, 2.05) is 16.9 Å². The third kappa shape index (κ3) is 2.88. The van der Waals surface area contributed by atoms with Gasteiger partial charge in [0.15, 0.2) is 0 Å². The lowest BCUT2D eigenvalue weighted by molar-refractivity contribution is 0.373. The second kappa shape index (κ2) is 6.13. The van der Waals surface area contributed by atoms with Gasteiger partial charge in [-0.1, -0.05) is 0 Å². The first kappa shape index (κ1) is 13.2. The van der Waals surface area contributed by atoms with Crippen molar-refractivity contribution in [3.8, 4) is 11.4 Å². The molecule has 5 heteroatoms. The zero-order valence-electron chi connectivity index (χ0n) is 11.9. The molecular weight excluding hydrogens is 250 g/mol. The highest BCUT2D eigenvalue weighted by molar-refractivity contribution is 5.54. The van der Waals surface area contributed by atoms with Crippen molar-refractivity contribution >= 4 is 0 Å². The molecule has 0 unspecified atom stereocenters. The molecule has 1 N–H and O–H groups in total. The minimum absolute atomic E-state index is 0.697. The topological polar surface area (TPSA) is 55.6 Å². The Hall–Kier alpha value is -1.75. The van der Waals surface area contributed by atoms with E-state index >= 15 is 0 Å². The molecule has 2 aromatic rings. The Kier molecular flexibility index (Phi) is 4.06. The van der Waals surface area contributed by atoms with Crippen LogP contribution in [0.2, 0.25) is 0 Å². The third-order valence-electron chi connectivity index (χ3n) is 3.90.